The molecule has 0 fully saturated rings. The second-order valence-corrected chi connectivity index (χ2v) is 6.42. The molecule has 0 bridgehead atoms. The van der Waals surface area contributed by atoms with E-state index in [-0.39, 0.29) is 24.7 Å². The number of carbonyl (C=O) groups is 2. The summed E-state index contributed by atoms with van der Waals surface area (Å²) >= 11 is 0. The number of hydrogen-bond acceptors (Lipinski definition) is 5. The molecule has 0 aromatic heterocycles. The van der Waals surface area contributed by atoms with Crippen LogP contribution in [0.15, 0.2) is 36.4 Å². The van der Waals surface area contributed by atoms with Crippen LogP contribution in [-0.2, 0) is 9.59 Å². The predicted molar refractivity (Wildman–Crippen MR) is 110 cm³/mol. The Morgan fingerprint density at radius 1 is 0.900 bits per heavy atom. The summed E-state index contributed by atoms with van der Waals surface area (Å²) in [5.74, 6) is -1.38. The zero-order valence-electron chi connectivity index (χ0n) is 17.1. The number of nitrogens with one attached hydrogen (secondary N) is 2. The van der Waals surface area contributed by atoms with Crippen molar-refractivity contribution in [1.82, 2.24) is 4.90 Å². The van der Waals surface area contributed by atoms with Gasteiger partial charge in [-0.15, -0.1) is 0 Å². The van der Waals surface area contributed by atoms with Gasteiger partial charge in [0.2, 0.25) is 11.8 Å². The SMILES string of the molecule is CCOc1ccc(NC(=O)CN(C)CC(=O)Nc2ccc(F)cc2F)cc1OCC. The summed E-state index contributed by atoms with van der Waals surface area (Å²) in [6.45, 7) is 4.42. The van der Waals surface area contributed by atoms with Crippen LogP contribution in [-0.4, -0.2) is 50.1 Å². The fourth-order valence-corrected chi connectivity index (χ4v) is 2.66. The van der Waals surface area contributed by atoms with Crippen LogP contribution < -0.4 is 20.1 Å². The third-order valence-electron chi connectivity index (χ3n) is 3.86. The fourth-order valence-electron chi connectivity index (χ4n) is 2.66. The maximum atomic E-state index is 13.6. The van der Waals surface area contributed by atoms with E-state index in [1.165, 1.54) is 4.90 Å². The van der Waals surface area contributed by atoms with Gasteiger partial charge in [0, 0.05) is 17.8 Å². The summed E-state index contributed by atoms with van der Waals surface area (Å²) in [4.78, 5) is 25.8. The Kier molecular flexibility index (Phi) is 8.54. The molecule has 2 N–H and O–H groups in total. The molecule has 7 nitrogen and oxygen atoms in total. The van der Waals surface area contributed by atoms with Crippen molar-refractivity contribution in [3.05, 3.63) is 48.0 Å². The van der Waals surface area contributed by atoms with Gasteiger partial charge >= 0.3 is 0 Å². The largest absolute Gasteiger partial charge is 0.490 e. The molecule has 2 amide bonds. The molecular formula is C21H25F2N3O4. The van der Waals surface area contributed by atoms with Crippen molar-refractivity contribution in [2.75, 3.05) is 44.0 Å². The number of ether oxygens (including phenoxy) is 2. The monoisotopic (exact) mass is 421 g/mol. The van der Waals surface area contributed by atoms with Crippen molar-refractivity contribution in [2.24, 2.45) is 0 Å². The standard InChI is InChI=1S/C21H25F2N3O4/c1-4-29-18-9-7-15(11-19(18)30-5-2)24-20(27)12-26(3)13-21(28)25-17-8-6-14(22)10-16(17)23/h6-11H,4-5,12-13H2,1-3H3,(H,24,27)(H,25,28). The summed E-state index contributed by atoms with van der Waals surface area (Å²) in [6, 6.07) is 7.92. The number of rotatable bonds is 10. The molecule has 0 unspecified atom stereocenters. The third kappa shape index (κ3) is 7.00. The van der Waals surface area contributed by atoms with Crippen LogP contribution in [0.4, 0.5) is 20.2 Å². The molecule has 0 heterocycles. The number of carbonyl (C=O) groups excluding carboxylic acids is 2. The molecule has 0 aliphatic carbocycles. The Hall–Kier alpha value is -3.20. The molecule has 0 saturated carbocycles. The molecule has 162 valence electrons. The van der Waals surface area contributed by atoms with Crippen molar-refractivity contribution < 1.29 is 27.8 Å². The molecule has 2 rings (SSSR count). The Labute approximate surface area is 174 Å². The molecule has 0 atom stereocenters. The van der Waals surface area contributed by atoms with Crippen molar-refractivity contribution in [3.8, 4) is 11.5 Å². The van der Waals surface area contributed by atoms with E-state index < -0.39 is 17.5 Å². The quantitative estimate of drug-likeness (QED) is 0.616. The second kappa shape index (κ2) is 11.1. The Balaban J connectivity index is 1.89. The molecule has 2 aromatic rings. The Morgan fingerprint density at radius 2 is 1.53 bits per heavy atom. The fraction of sp³-hybridized carbons (Fsp3) is 0.333. The molecule has 0 spiro atoms. The third-order valence-corrected chi connectivity index (χ3v) is 3.86. The number of nitrogens with zero attached hydrogens (tertiary/aromatic N) is 1. The molecule has 0 saturated heterocycles. The van der Waals surface area contributed by atoms with Gasteiger partial charge in [-0.25, -0.2) is 8.78 Å². The normalized spacial score (nSPS) is 10.6. The van der Waals surface area contributed by atoms with E-state index in [9.17, 15) is 18.4 Å². The first-order chi connectivity index (χ1) is 14.3. The van der Waals surface area contributed by atoms with E-state index in [1.54, 1.807) is 25.2 Å². The zero-order chi connectivity index (χ0) is 22.1. The number of hydrogen-bond donors (Lipinski definition) is 2. The van der Waals surface area contributed by atoms with Crippen LogP contribution in [0.25, 0.3) is 0 Å². The van der Waals surface area contributed by atoms with E-state index in [1.807, 2.05) is 13.8 Å². The summed E-state index contributed by atoms with van der Waals surface area (Å²) < 4.78 is 37.5. The molecule has 0 aliphatic rings. The lowest BCUT2D eigenvalue weighted by molar-refractivity contribution is -0.119. The van der Waals surface area contributed by atoms with Gasteiger partial charge in [-0.05, 0) is 45.2 Å². The van der Waals surface area contributed by atoms with Crippen molar-refractivity contribution in [3.63, 3.8) is 0 Å². The highest BCUT2D eigenvalue weighted by molar-refractivity contribution is 5.94. The molecule has 9 heteroatoms. The average Bonchev–Trinajstić information content (AvgIpc) is 2.66. The minimum absolute atomic E-state index is 0.0729. The molecular weight excluding hydrogens is 396 g/mol. The van der Waals surface area contributed by atoms with Gasteiger partial charge < -0.3 is 20.1 Å². The maximum Gasteiger partial charge on any atom is 0.238 e. The molecule has 0 aliphatic heterocycles. The van der Waals surface area contributed by atoms with Gasteiger partial charge in [0.25, 0.3) is 0 Å². The summed E-state index contributed by atoms with van der Waals surface area (Å²) in [6.07, 6.45) is 0. The predicted octanol–water partition coefficient (Wildman–Crippen LogP) is 3.27. The number of anilines is 2. The van der Waals surface area contributed by atoms with E-state index >= 15 is 0 Å². The highest BCUT2D eigenvalue weighted by Crippen LogP contribution is 2.30. The first kappa shape index (κ1) is 23.1. The van der Waals surface area contributed by atoms with Crippen molar-refractivity contribution in [2.45, 2.75) is 13.8 Å². The van der Waals surface area contributed by atoms with Crippen LogP contribution in [0, 0.1) is 11.6 Å². The number of benzene rings is 2. The Morgan fingerprint density at radius 3 is 2.17 bits per heavy atom. The topological polar surface area (TPSA) is 79.9 Å². The first-order valence-corrected chi connectivity index (χ1v) is 9.45. The lowest BCUT2D eigenvalue weighted by Crippen LogP contribution is -2.36. The summed E-state index contributed by atoms with van der Waals surface area (Å²) in [5.41, 5.74) is 0.398. The van der Waals surface area contributed by atoms with Gasteiger partial charge in [0.15, 0.2) is 11.5 Å². The minimum Gasteiger partial charge on any atom is -0.490 e. The Bertz CT molecular complexity index is 893. The van der Waals surface area contributed by atoms with E-state index in [0.29, 0.717) is 36.5 Å². The smallest absolute Gasteiger partial charge is 0.238 e. The van der Waals surface area contributed by atoms with Crippen LogP contribution in [0.2, 0.25) is 0 Å². The highest BCUT2D eigenvalue weighted by Gasteiger charge is 2.14. The minimum atomic E-state index is -0.871. The lowest BCUT2D eigenvalue weighted by Gasteiger charge is -2.17. The van der Waals surface area contributed by atoms with Gasteiger partial charge in [-0.3, -0.25) is 14.5 Å². The number of halogens is 2. The van der Waals surface area contributed by atoms with Crippen molar-refractivity contribution >= 4 is 23.2 Å². The first-order valence-electron chi connectivity index (χ1n) is 9.45. The molecule has 30 heavy (non-hydrogen) atoms. The van der Waals surface area contributed by atoms with E-state index in [0.717, 1.165) is 12.1 Å². The second-order valence-electron chi connectivity index (χ2n) is 6.42. The van der Waals surface area contributed by atoms with Crippen LogP contribution in [0.5, 0.6) is 11.5 Å². The van der Waals surface area contributed by atoms with Crippen LogP contribution >= 0.6 is 0 Å². The number of likely N-dealkylation sites (N-methyl/N-ethyl adjacent to an activating group) is 1. The zero-order valence-corrected chi connectivity index (χ0v) is 17.1. The van der Waals surface area contributed by atoms with Gasteiger partial charge in [0.05, 0.1) is 32.0 Å². The van der Waals surface area contributed by atoms with Gasteiger partial charge in [-0.2, -0.15) is 0 Å². The summed E-state index contributed by atoms with van der Waals surface area (Å²) in [5, 5.41) is 5.08. The van der Waals surface area contributed by atoms with Crippen molar-refractivity contribution in [1.29, 1.82) is 0 Å². The highest BCUT2D eigenvalue weighted by atomic mass is 19.1. The van der Waals surface area contributed by atoms with Gasteiger partial charge in [0.1, 0.15) is 11.6 Å². The van der Waals surface area contributed by atoms with Crippen LogP contribution in [0.3, 0.4) is 0 Å². The van der Waals surface area contributed by atoms with E-state index in [2.05, 4.69) is 10.6 Å². The summed E-state index contributed by atoms with van der Waals surface area (Å²) in [7, 11) is 1.57. The van der Waals surface area contributed by atoms with E-state index in [4.69, 9.17) is 9.47 Å². The molecule has 0 radical (unpaired) electrons. The van der Waals surface area contributed by atoms with Gasteiger partial charge in [-0.1, -0.05) is 0 Å². The average molecular weight is 421 g/mol. The van der Waals surface area contributed by atoms with Crippen LogP contribution in [0.1, 0.15) is 13.8 Å². The maximum absolute atomic E-state index is 13.6. The number of amides is 2. The lowest BCUT2D eigenvalue weighted by atomic mass is 10.2. The molecule has 2 aromatic carbocycles.